The van der Waals surface area contributed by atoms with E-state index in [2.05, 4.69) is 77.0 Å². The van der Waals surface area contributed by atoms with Gasteiger partial charge in [-0.3, -0.25) is 9.88 Å². The Morgan fingerprint density at radius 3 is 2.76 bits per heavy atom. The standard InChI is InChI=1S/C22H25N3/c1-17-9-10-20(18(2)15-17)22-21-8-5-12-24(21)13-6-14-25(22)16-19-7-3-4-11-23-19/h3-5,7-12,15,22H,6,13-14,16H2,1-2H3. The average molecular weight is 331 g/mol. The van der Waals surface area contributed by atoms with Crippen molar-refractivity contribution in [3.63, 3.8) is 0 Å². The van der Waals surface area contributed by atoms with Gasteiger partial charge in [0.05, 0.1) is 11.7 Å². The maximum atomic E-state index is 4.56. The van der Waals surface area contributed by atoms with Crippen molar-refractivity contribution in [1.29, 1.82) is 0 Å². The summed E-state index contributed by atoms with van der Waals surface area (Å²) < 4.78 is 2.42. The molecule has 3 nitrogen and oxygen atoms in total. The Morgan fingerprint density at radius 1 is 1.04 bits per heavy atom. The van der Waals surface area contributed by atoms with Crippen LogP contribution in [0.2, 0.25) is 0 Å². The lowest BCUT2D eigenvalue weighted by Gasteiger charge is -2.31. The van der Waals surface area contributed by atoms with Gasteiger partial charge in [0.15, 0.2) is 0 Å². The van der Waals surface area contributed by atoms with Crippen LogP contribution in [0.5, 0.6) is 0 Å². The van der Waals surface area contributed by atoms with E-state index in [9.17, 15) is 0 Å². The van der Waals surface area contributed by atoms with E-state index in [1.807, 2.05) is 12.3 Å². The number of aryl methyl sites for hydroxylation is 3. The van der Waals surface area contributed by atoms with Crippen LogP contribution < -0.4 is 0 Å². The Hall–Kier alpha value is -2.39. The maximum Gasteiger partial charge on any atom is 0.0762 e. The lowest BCUT2D eigenvalue weighted by Crippen LogP contribution is -2.30. The molecule has 0 fully saturated rings. The summed E-state index contributed by atoms with van der Waals surface area (Å²) in [7, 11) is 0. The molecular formula is C22H25N3. The molecule has 0 aliphatic carbocycles. The van der Waals surface area contributed by atoms with Gasteiger partial charge in [-0.2, -0.15) is 0 Å². The number of pyridine rings is 1. The highest BCUT2D eigenvalue weighted by molar-refractivity contribution is 5.38. The van der Waals surface area contributed by atoms with Crippen molar-refractivity contribution in [2.75, 3.05) is 6.54 Å². The zero-order chi connectivity index (χ0) is 17.2. The molecule has 4 rings (SSSR count). The van der Waals surface area contributed by atoms with Gasteiger partial charge in [0.1, 0.15) is 0 Å². The van der Waals surface area contributed by atoms with E-state index in [1.165, 1.54) is 22.4 Å². The van der Waals surface area contributed by atoms with Gasteiger partial charge in [-0.15, -0.1) is 0 Å². The molecule has 0 bridgehead atoms. The fourth-order valence-electron chi connectivity index (χ4n) is 4.00. The Bertz CT molecular complexity index is 851. The highest BCUT2D eigenvalue weighted by Crippen LogP contribution is 2.34. The van der Waals surface area contributed by atoms with E-state index in [0.29, 0.717) is 0 Å². The number of hydrogen-bond donors (Lipinski definition) is 0. The minimum Gasteiger partial charge on any atom is -0.350 e. The summed E-state index contributed by atoms with van der Waals surface area (Å²) >= 11 is 0. The van der Waals surface area contributed by atoms with Gasteiger partial charge in [0.2, 0.25) is 0 Å². The molecular weight excluding hydrogens is 306 g/mol. The maximum absolute atomic E-state index is 4.56. The van der Waals surface area contributed by atoms with Crippen molar-refractivity contribution < 1.29 is 0 Å². The van der Waals surface area contributed by atoms with Crippen molar-refractivity contribution in [1.82, 2.24) is 14.5 Å². The number of nitrogens with zero attached hydrogens (tertiary/aromatic N) is 3. The molecule has 128 valence electrons. The van der Waals surface area contributed by atoms with Crippen LogP contribution in [-0.2, 0) is 13.1 Å². The van der Waals surface area contributed by atoms with Gasteiger partial charge in [-0.25, -0.2) is 0 Å². The van der Waals surface area contributed by atoms with Crippen LogP contribution in [0.25, 0.3) is 0 Å². The summed E-state index contributed by atoms with van der Waals surface area (Å²) in [6, 6.07) is 17.8. The van der Waals surface area contributed by atoms with Crippen molar-refractivity contribution >= 4 is 0 Å². The van der Waals surface area contributed by atoms with Gasteiger partial charge in [0, 0.05) is 37.7 Å². The summed E-state index contributed by atoms with van der Waals surface area (Å²) in [6.07, 6.45) is 5.27. The summed E-state index contributed by atoms with van der Waals surface area (Å²) in [5.74, 6) is 0. The molecule has 0 saturated heterocycles. The highest BCUT2D eigenvalue weighted by atomic mass is 15.2. The van der Waals surface area contributed by atoms with Crippen LogP contribution in [0.1, 0.15) is 40.5 Å². The SMILES string of the molecule is Cc1ccc(C2c3cccn3CCCN2Cc2ccccn2)c(C)c1. The van der Waals surface area contributed by atoms with Crippen LogP contribution in [0.3, 0.4) is 0 Å². The molecule has 2 aromatic heterocycles. The molecule has 1 aromatic carbocycles. The second kappa shape index (κ2) is 6.85. The lowest BCUT2D eigenvalue weighted by molar-refractivity contribution is 0.217. The molecule has 1 aliphatic rings. The predicted molar refractivity (Wildman–Crippen MR) is 101 cm³/mol. The molecule has 0 spiro atoms. The number of fused-ring (bicyclic) bond motifs is 1. The van der Waals surface area contributed by atoms with Crippen LogP contribution in [0, 0.1) is 13.8 Å². The summed E-state index contributed by atoms with van der Waals surface area (Å²) in [4.78, 5) is 7.15. The Balaban J connectivity index is 1.78. The van der Waals surface area contributed by atoms with Gasteiger partial charge in [-0.1, -0.05) is 29.8 Å². The van der Waals surface area contributed by atoms with Crippen molar-refractivity contribution in [3.05, 3.63) is 89.0 Å². The van der Waals surface area contributed by atoms with E-state index in [4.69, 9.17) is 0 Å². The summed E-state index contributed by atoms with van der Waals surface area (Å²) in [6.45, 7) is 7.44. The molecule has 3 heterocycles. The number of aromatic nitrogens is 2. The Kier molecular flexibility index (Phi) is 4.41. The molecule has 1 aliphatic heterocycles. The van der Waals surface area contributed by atoms with Gasteiger partial charge in [-0.05, 0) is 55.7 Å². The number of hydrogen-bond acceptors (Lipinski definition) is 2. The van der Waals surface area contributed by atoms with E-state index in [0.717, 1.165) is 31.7 Å². The molecule has 0 saturated carbocycles. The fraction of sp³-hybridized carbons (Fsp3) is 0.318. The Morgan fingerprint density at radius 2 is 1.96 bits per heavy atom. The minimum atomic E-state index is 0.278. The first-order valence-corrected chi connectivity index (χ1v) is 9.08. The van der Waals surface area contributed by atoms with E-state index < -0.39 is 0 Å². The third-order valence-corrected chi connectivity index (χ3v) is 5.17. The van der Waals surface area contributed by atoms with Crippen molar-refractivity contribution in [2.45, 2.75) is 39.4 Å². The van der Waals surface area contributed by atoms with Crippen molar-refractivity contribution in [2.24, 2.45) is 0 Å². The quantitative estimate of drug-likeness (QED) is 0.705. The van der Waals surface area contributed by atoms with Crippen LogP contribution in [0.4, 0.5) is 0 Å². The van der Waals surface area contributed by atoms with Gasteiger partial charge >= 0.3 is 0 Å². The van der Waals surface area contributed by atoms with E-state index in [-0.39, 0.29) is 6.04 Å². The first-order chi connectivity index (χ1) is 12.2. The van der Waals surface area contributed by atoms with Crippen LogP contribution in [-0.4, -0.2) is 21.0 Å². The van der Waals surface area contributed by atoms with Crippen LogP contribution in [0.15, 0.2) is 60.9 Å². The second-order valence-electron chi connectivity index (χ2n) is 7.03. The highest BCUT2D eigenvalue weighted by Gasteiger charge is 2.28. The van der Waals surface area contributed by atoms with E-state index in [1.54, 1.807) is 0 Å². The smallest absolute Gasteiger partial charge is 0.0762 e. The molecule has 0 amide bonds. The average Bonchev–Trinajstić information content (AvgIpc) is 2.99. The van der Waals surface area contributed by atoms with E-state index >= 15 is 0 Å². The zero-order valence-corrected chi connectivity index (χ0v) is 15.0. The molecule has 0 radical (unpaired) electrons. The molecule has 3 aromatic rings. The zero-order valence-electron chi connectivity index (χ0n) is 15.0. The molecule has 1 unspecified atom stereocenters. The predicted octanol–water partition coefficient (Wildman–Crippen LogP) is 4.50. The summed E-state index contributed by atoms with van der Waals surface area (Å²) in [5, 5.41) is 0. The first kappa shape index (κ1) is 16.1. The minimum absolute atomic E-state index is 0.278. The van der Waals surface area contributed by atoms with Gasteiger partial charge in [0.25, 0.3) is 0 Å². The molecule has 0 N–H and O–H groups in total. The lowest BCUT2D eigenvalue weighted by atomic mass is 9.95. The topological polar surface area (TPSA) is 21.1 Å². The first-order valence-electron chi connectivity index (χ1n) is 9.08. The second-order valence-corrected chi connectivity index (χ2v) is 7.03. The largest absolute Gasteiger partial charge is 0.350 e. The normalized spacial score (nSPS) is 17.9. The van der Waals surface area contributed by atoms with Crippen LogP contribution >= 0.6 is 0 Å². The molecule has 3 heteroatoms. The summed E-state index contributed by atoms with van der Waals surface area (Å²) in [5.41, 5.74) is 6.62. The van der Waals surface area contributed by atoms with Gasteiger partial charge < -0.3 is 4.57 Å². The Labute approximate surface area is 149 Å². The molecule has 25 heavy (non-hydrogen) atoms. The monoisotopic (exact) mass is 331 g/mol. The third kappa shape index (κ3) is 3.24. The number of benzene rings is 1. The third-order valence-electron chi connectivity index (χ3n) is 5.17. The number of rotatable bonds is 3. The fourth-order valence-corrected chi connectivity index (χ4v) is 4.00. The van der Waals surface area contributed by atoms with Crippen molar-refractivity contribution in [3.8, 4) is 0 Å². The molecule has 1 atom stereocenters.